The summed E-state index contributed by atoms with van der Waals surface area (Å²) in [6.07, 6.45) is 7.16. The fraction of sp³-hybridized carbons (Fsp3) is 0.621. The number of ether oxygens (including phenoxy) is 2. The van der Waals surface area contributed by atoms with Crippen LogP contribution in [-0.4, -0.2) is 55.7 Å². The first-order chi connectivity index (χ1) is 18.9. The SMILES string of the molecule is COc1ccc2c(c1)C(Nc1nc3c(ncn3[C@H]3C[C@H](O)[C@@H](CO)O3)c(=O)[nH]1)C[C@@H]1[C@@H]2CC[C@]2(C)CCC[C@@H]12. The molecule has 39 heavy (non-hydrogen) atoms. The summed E-state index contributed by atoms with van der Waals surface area (Å²) in [4.78, 5) is 25.0. The number of aliphatic hydroxyl groups excluding tert-OH is 2. The van der Waals surface area contributed by atoms with Gasteiger partial charge in [-0.15, -0.1) is 0 Å². The first-order valence-electron chi connectivity index (χ1n) is 14.2. The number of H-pyrrole nitrogens is 1. The lowest BCUT2D eigenvalue weighted by molar-refractivity contribution is -0.0432. The van der Waals surface area contributed by atoms with Gasteiger partial charge in [0.1, 0.15) is 18.1 Å². The number of aromatic amines is 1. The number of aliphatic hydroxyl groups is 2. The maximum atomic E-state index is 13.1. The zero-order chi connectivity index (χ0) is 26.9. The zero-order valence-corrected chi connectivity index (χ0v) is 22.5. The molecule has 10 nitrogen and oxygen atoms in total. The number of benzene rings is 1. The van der Waals surface area contributed by atoms with Crippen molar-refractivity contribution in [2.24, 2.45) is 17.3 Å². The lowest BCUT2D eigenvalue weighted by atomic mass is 9.55. The average molecular weight is 536 g/mol. The monoisotopic (exact) mass is 535 g/mol. The van der Waals surface area contributed by atoms with Crippen LogP contribution in [0.25, 0.3) is 11.2 Å². The first kappa shape index (κ1) is 25.0. The highest BCUT2D eigenvalue weighted by molar-refractivity contribution is 5.71. The lowest BCUT2D eigenvalue weighted by Crippen LogP contribution is -2.41. The molecule has 2 aromatic heterocycles. The third-order valence-corrected chi connectivity index (χ3v) is 10.2. The second kappa shape index (κ2) is 9.31. The van der Waals surface area contributed by atoms with E-state index in [9.17, 15) is 15.0 Å². The predicted octanol–water partition coefficient (Wildman–Crippen LogP) is 3.63. The molecule has 0 bridgehead atoms. The summed E-state index contributed by atoms with van der Waals surface area (Å²) in [5.41, 5.74) is 3.28. The van der Waals surface area contributed by atoms with E-state index in [1.54, 1.807) is 11.7 Å². The second-order valence-electron chi connectivity index (χ2n) is 12.2. The van der Waals surface area contributed by atoms with Crippen LogP contribution < -0.4 is 15.6 Å². The van der Waals surface area contributed by atoms with Crippen molar-refractivity contribution in [3.63, 3.8) is 0 Å². The van der Waals surface area contributed by atoms with Crippen LogP contribution >= 0.6 is 0 Å². The molecule has 3 aliphatic carbocycles. The van der Waals surface area contributed by atoms with E-state index in [1.165, 1.54) is 49.6 Å². The molecule has 8 atom stereocenters. The summed E-state index contributed by atoms with van der Waals surface area (Å²) in [7, 11) is 1.69. The van der Waals surface area contributed by atoms with Gasteiger partial charge in [-0.05, 0) is 78.5 Å². The molecular formula is C29H37N5O5. The van der Waals surface area contributed by atoms with E-state index in [0.717, 1.165) is 12.2 Å². The number of nitrogens with one attached hydrogen (secondary N) is 2. The maximum absolute atomic E-state index is 13.1. The van der Waals surface area contributed by atoms with E-state index in [1.807, 2.05) is 0 Å². The van der Waals surface area contributed by atoms with Gasteiger partial charge in [0, 0.05) is 6.42 Å². The quantitative estimate of drug-likeness (QED) is 0.389. The molecule has 0 amide bonds. The van der Waals surface area contributed by atoms with Crippen molar-refractivity contribution in [2.75, 3.05) is 19.0 Å². The van der Waals surface area contributed by atoms with Crippen LogP contribution in [0.4, 0.5) is 5.95 Å². The van der Waals surface area contributed by atoms with E-state index >= 15 is 0 Å². The molecule has 3 aromatic rings. The number of fused-ring (bicyclic) bond motifs is 6. The Morgan fingerprint density at radius 2 is 2.13 bits per heavy atom. The normalized spacial score (nSPS) is 35.4. The smallest absolute Gasteiger partial charge is 0.280 e. The Balaban J connectivity index is 1.25. The number of anilines is 1. The molecule has 4 aliphatic rings. The molecule has 0 spiro atoms. The minimum atomic E-state index is -0.796. The number of nitrogens with zero attached hydrogens (tertiary/aromatic N) is 3. The summed E-state index contributed by atoms with van der Waals surface area (Å²) in [5, 5.41) is 23.3. The van der Waals surface area contributed by atoms with Crippen molar-refractivity contribution >= 4 is 17.1 Å². The molecule has 3 fully saturated rings. The lowest BCUT2D eigenvalue weighted by Gasteiger charge is -2.51. The highest BCUT2D eigenvalue weighted by atomic mass is 16.5. The summed E-state index contributed by atoms with van der Waals surface area (Å²) in [6, 6.07) is 6.42. The average Bonchev–Trinajstić information content (AvgIpc) is 3.64. The first-order valence-corrected chi connectivity index (χ1v) is 14.2. The largest absolute Gasteiger partial charge is 0.497 e. The van der Waals surface area contributed by atoms with Gasteiger partial charge in [-0.2, -0.15) is 4.98 Å². The van der Waals surface area contributed by atoms with Gasteiger partial charge in [-0.1, -0.05) is 19.4 Å². The molecular weight excluding hydrogens is 498 g/mol. The third kappa shape index (κ3) is 3.98. The number of hydrogen-bond acceptors (Lipinski definition) is 8. The Hall–Kier alpha value is -2.95. The Labute approximate surface area is 226 Å². The maximum Gasteiger partial charge on any atom is 0.280 e. The topological polar surface area (TPSA) is 135 Å². The van der Waals surface area contributed by atoms with Crippen LogP contribution in [0.5, 0.6) is 5.75 Å². The fourth-order valence-electron chi connectivity index (χ4n) is 8.27. The van der Waals surface area contributed by atoms with Crippen LogP contribution in [0.3, 0.4) is 0 Å². The van der Waals surface area contributed by atoms with E-state index in [-0.39, 0.29) is 30.1 Å². The highest BCUT2D eigenvalue weighted by Crippen LogP contribution is 2.62. The van der Waals surface area contributed by atoms with E-state index < -0.39 is 18.4 Å². The molecule has 2 saturated carbocycles. The zero-order valence-electron chi connectivity index (χ0n) is 22.5. The Kier molecular flexibility index (Phi) is 5.98. The van der Waals surface area contributed by atoms with Gasteiger partial charge in [0.2, 0.25) is 5.95 Å². The molecule has 208 valence electrons. The minimum absolute atomic E-state index is 0.0282. The van der Waals surface area contributed by atoms with Crippen molar-refractivity contribution in [1.82, 2.24) is 19.5 Å². The Morgan fingerprint density at radius 3 is 2.92 bits per heavy atom. The summed E-state index contributed by atoms with van der Waals surface area (Å²) in [6.45, 7) is 2.21. The van der Waals surface area contributed by atoms with Crippen molar-refractivity contribution in [3.05, 3.63) is 46.0 Å². The predicted molar refractivity (Wildman–Crippen MR) is 145 cm³/mol. The van der Waals surface area contributed by atoms with Crippen LogP contribution in [0, 0.1) is 17.3 Å². The minimum Gasteiger partial charge on any atom is -0.497 e. The van der Waals surface area contributed by atoms with Gasteiger partial charge in [0.25, 0.3) is 5.56 Å². The van der Waals surface area contributed by atoms with E-state index in [4.69, 9.17) is 14.5 Å². The number of aromatic nitrogens is 4. The Morgan fingerprint density at radius 1 is 1.26 bits per heavy atom. The van der Waals surface area contributed by atoms with Crippen LogP contribution in [-0.2, 0) is 4.74 Å². The van der Waals surface area contributed by atoms with Crippen molar-refractivity contribution < 1.29 is 19.7 Å². The third-order valence-electron chi connectivity index (χ3n) is 10.2. The van der Waals surface area contributed by atoms with Crippen molar-refractivity contribution in [1.29, 1.82) is 0 Å². The molecule has 1 aliphatic heterocycles. The molecule has 1 saturated heterocycles. The number of imidazole rings is 1. The van der Waals surface area contributed by atoms with Crippen LogP contribution in [0.15, 0.2) is 29.3 Å². The molecule has 4 N–H and O–H groups in total. The highest BCUT2D eigenvalue weighted by Gasteiger charge is 2.51. The van der Waals surface area contributed by atoms with E-state index in [2.05, 4.69) is 40.4 Å². The van der Waals surface area contributed by atoms with Crippen molar-refractivity contribution in [2.45, 2.75) is 82.3 Å². The molecule has 7 rings (SSSR count). The van der Waals surface area contributed by atoms with Gasteiger partial charge in [-0.3, -0.25) is 14.3 Å². The number of hydrogen-bond donors (Lipinski definition) is 4. The molecule has 1 aromatic carbocycles. The fourth-order valence-corrected chi connectivity index (χ4v) is 8.27. The summed E-state index contributed by atoms with van der Waals surface area (Å²) in [5.74, 6) is 3.03. The van der Waals surface area contributed by atoms with Crippen LogP contribution in [0.1, 0.15) is 81.2 Å². The molecule has 1 unspecified atom stereocenters. The van der Waals surface area contributed by atoms with Gasteiger partial charge in [-0.25, -0.2) is 4.98 Å². The summed E-state index contributed by atoms with van der Waals surface area (Å²) >= 11 is 0. The number of methoxy groups -OCH3 is 1. The van der Waals surface area contributed by atoms with Crippen LogP contribution in [0.2, 0.25) is 0 Å². The van der Waals surface area contributed by atoms with Gasteiger partial charge in [0.05, 0.1) is 32.2 Å². The van der Waals surface area contributed by atoms with E-state index in [0.29, 0.717) is 34.8 Å². The molecule has 10 heteroatoms. The molecule has 0 radical (unpaired) electrons. The van der Waals surface area contributed by atoms with Gasteiger partial charge in [0.15, 0.2) is 11.2 Å². The van der Waals surface area contributed by atoms with Gasteiger partial charge >= 0.3 is 0 Å². The van der Waals surface area contributed by atoms with Crippen molar-refractivity contribution in [3.8, 4) is 5.75 Å². The molecule has 3 heterocycles. The number of rotatable bonds is 5. The standard InChI is InChI=1S/C29H37N5O5/c1-29-8-3-4-20(29)18-11-21(19-10-15(38-2)5-6-16(19)17(18)7-9-29)31-28-32-26-25(27(37)33-28)30-14-34(26)24-12-22(36)23(13-35)39-24/h5-6,10,14,17-18,20-24,35-36H,3-4,7-9,11-13H2,1-2H3,(H2,31,32,33,37)/t17-,18-,20+,21?,22+,23-,24-,29+/m1/s1. The Bertz CT molecular complexity index is 1450. The second-order valence-corrected chi connectivity index (χ2v) is 12.2. The summed E-state index contributed by atoms with van der Waals surface area (Å²) < 4.78 is 13.1. The van der Waals surface area contributed by atoms with Gasteiger partial charge < -0.3 is 25.0 Å².